The van der Waals surface area contributed by atoms with E-state index in [1.54, 1.807) is 13.3 Å². The van der Waals surface area contributed by atoms with E-state index in [1.165, 1.54) is 11.3 Å². The lowest BCUT2D eigenvalue weighted by atomic mass is 10.1. The van der Waals surface area contributed by atoms with Crippen LogP contribution in [0.4, 0.5) is 0 Å². The summed E-state index contributed by atoms with van der Waals surface area (Å²) in [5.74, 6) is 0.712. The van der Waals surface area contributed by atoms with Crippen molar-refractivity contribution in [3.05, 3.63) is 57.5 Å². The Kier molecular flexibility index (Phi) is 3.96. The highest BCUT2D eigenvalue weighted by Crippen LogP contribution is 2.31. The molecule has 4 rings (SSSR count). The Bertz CT molecular complexity index is 1230. The minimum atomic E-state index is -0.311. The third kappa shape index (κ3) is 2.74. The van der Waals surface area contributed by atoms with Gasteiger partial charge in [-0.3, -0.25) is 4.79 Å². The number of pyridine rings is 1. The van der Waals surface area contributed by atoms with Gasteiger partial charge in [0.2, 0.25) is 0 Å². The zero-order valence-electron chi connectivity index (χ0n) is 14.4. The summed E-state index contributed by atoms with van der Waals surface area (Å²) < 4.78 is 5.68. The summed E-state index contributed by atoms with van der Waals surface area (Å²) in [6, 6.07) is 9.33. The van der Waals surface area contributed by atoms with E-state index >= 15 is 0 Å². The predicted molar refractivity (Wildman–Crippen MR) is 102 cm³/mol. The molecule has 0 atom stereocenters. The van der Waals surface area contributed by atoms with Gasteiger partial charge in [0, 0.05) is 11.1 Å². The third-order valence-corrected chi connectivity index (χ3v) is 5.04. The Hall–Kier alpha value is -3.13. The standard InChI is InChI=1S/C18H15N5O2S/c1-10-7-11(2)20-17-14(10)15-16(26-17)18(24)23(22-21-15)19-9-12-5-4-6-13(8-12)25-3/h4-9H,1-3H3. The van der Waals surface area contributed by atoms with Crippen LogP contribution in [0.1, 0.15) is 16.8 Å². The molecule has 0 unspecified atom stereocenters. The van der Waals surface area contributed by atoms with Crippen molar-refractivity contribution in [2.45, 2.75) is 13.8 Å². The topological polar surface area (TPSA) is 82.3 Å². The van der Waals surface area contributed by atoms with Gasteiger partial charge < -0.3 is 4.74 Å². The molecule has 0 N–H and O–H groups in total. The molecule has 0 aliphatic carbocycles. The first kappa shape index (κ1) is 16.3. The van der Waals surface area contributed by atoms with Crippen LogP contribution < -0.4 is 10.3 Å². The first-order valence-electron chi connectivity index (χ1n) is 7.91. The molecule has 8 heteroatoms. The molecule has 0 spiro atoms. The maximum absolute atomic E-state index is 12.7. The Morgan fingerprint density at radius 2 is 2.12 bits per heavy atom. The van der Waals surface area contributed by atoms with Gasteiger partial charge in [0.05, 0.1) is 13.3 Å². The van der Waals surface area contributed by atoms with E-state index in [4.69, 9.17) is 4.74 Å². The number of hydrogen-bond donors (Lipinski definition) is 0. The fraction of sp³-hybridized carbons (Fsp3) is 0.167. The van der Waals surface area contributed by atoms with Crippen molar-refractivity contribution >= 4 is 38.0 Å². The van der Waals surface area contributed by atoms with Gasteiger partial charge in [-0.1, -0.05) is 16.9 Å². The molecule has 1 aromatic carbocycles. The molecule has 0 aliphatic heterocycles. The lowest BCUT2D eigenvalue weighted by molar-refractivity contribution is 0.414. The second-order valence-electron chi connectivity index (χ2n) is 5.85. The van der Waals surface area contributed by atoms with Gasteiger partial charge in [-0.05, 0) is 48.4 Å². The third-order valence-electron chi connectivity index (χ3n) is 3.98. The van der Waals surface area contributed by atoms with E-state index < -0.39 is 0 Å². The maximum atomic E-state index is 12.7. The number of ether oxygens (including phenoxy) is 1. The monoisotopic (exact) mass is 365 g/mol. The number of thiophene rings is 1. The van der Waals surface area contributed by atoms with Gasteiger partial charge >= 0.3 is 5.56 Å². The normalized spacial score (nSPS) is 11.7. The second kappa shape index (κ2) is 6.30. The van der Waals surface area contributed by atoms with Crippen molar-refractivity contribution in [1.29, 1.82) is 0 Å². The molecule has 130 valence electrons. The van der Waals surface area contributed by atoms with Crippen LogP contribution in [0.2, 0.25) is 0 Å². The van der Waals surface area contributed by atoms with E-state index in [0.717, 1.165) is 31.8 Å². The Morgan fingerprint density at radius 3 is 2.92 bits per heavy atom. The molecule has 0 saturated heterocycles. The zero-order chi connectivity index (χ0) is 18.3. The van der Waals surface area contributed by atoms with Crippen molar-refractivity contribution < 1.29 is 4.74 Å². The summed E-state index contributed by atoms with van der Waals surface area (Å²) in [6.45, 7) is 3.91. The molecule has 0 bridgehead atoms. The minimum Gasteiger partial charge on any atom is -0.497 e. The van der Waals surface area contributed by atoms with Crippen LogP contribution in [0.15, 0.2) is 40.2 Å². The number of fused-ring (bicyclic) bond motifs is 3. The molecule has 0 radical (unpaired) electrons. The number of nitrogens with zero attached hydrogens (tertiary/aromatic N) is 5. The number of hydrogen-bond acceptors (Lipinski definition) is 7. The summed E-state index contributed by atoms with van der Waals surface area (Å²) in [5.41, 5.74) is 3.00. The highest BCUT2D eigenvalue weighted by atomic mass is 32.1. The van der Waals surface area contributed by atoms with Gasteiger partial charge in [-0.15, -0.1) is 16.4 Å². The zero-order valence-corrected chi connectivity index (χ0v) is 15.2. The molecule has 0 fully saturated rings. The largest absolute Gasteiger partial charge is 0.497 e. The maximum Gasteiger partial charge on any atom is 0.309 e. The first-order chi connectivity index (χ1) is 12.6. The average molecular weight is 365 g/mol. The van der Waals surface area contributed by atoms with Crippen LogP contribution in [-0.4, -0.2) is 33.4 Å². The van der Waals surface area contributed by atoms with Gasteiger partial charge in [-0.2, -0.15) is 5.10 Å². The molecular formula is C18H15N5O2S. The predicted octanol–water partition coefficient (Wildman–Crippen LogP) is 2.91. The molecule has 3 aromatic heterocycles. The summed E-state index contributed by atoms with van der Waals surface area (Å²) in [6.07, 6.45) is 1.55. The molecule has 3 heterocycles. The van der Waals surface area contributed by atoms with Crippen molar-refractivity contribution in [2.75, 3.05) is 7.11 Å². The molecule has 26 heavy (non-hydrogen) atoms. The summed E-state index contributed by atoms with van der Waals surface area (Å²) in [7, 11) is 1.60. The van der Waals surface area contributed by atoms with Gasteiger partial charge in [0.15, 0.2) is 0 Å². The Balaban J connectivity index is 1.83. The van der Waals surface area contributed by atoms with Crippen LogP contribution in [0.5, 0.6) is 5.75 Å². The molecule has 0 saturated carbocycles. The van der Waals surface area contributed by atoms with Crippen molar-refractivity contribution in [3.63, 3.8) is 0 Å². The van der Waals surface area contributed by atoms with E-state index in [-0.39, 0.29) is 5.56 Å². The second-order valence-corrected chi connectivity index (χ2v) is 6.84. The summed E-state index contributed by atoms with van der Waals surface area (Å²) in [5, 5.41) is 13.2. The van der Waals surface area contributed by atoms with Gasteiger partial charge in [0.25, 0.3) is 0 Å². The molecule has 4 aromatic rings. The number of benzene rings is 1. The average Bonchev–Trinajstić information content (AvgIpc) is 3.00. The van der Waals surface area contributed by atoms with Gasteiger partial charge in [0.1, 0.15) is 20.8 Å². The van der Waals surface area contributed by atoms with Crippen LogP contribution >= 0.6 is 11.3 Å². The fourth-order valence-corrected chi connectivity index (χ4v) is 3.95. The van der Waals surface area contributed by atoms with Gasteiger partial charge in [-0.25, -0.2) is 4.98 Å². The lowest BCUT2D eigenvalue weighted by Crippen LogP contribution is -2.19. The van der Waals surface area contributed by atoms with E-state index in [9.17, 15) is 4.79 Å². The molecule has 0 amide bonds. The van der Waals surface area contributed by atoms with Crippen molar-refractivity contribution in [3.8, 4) is 5.75 Å². The number of rotatable bonds is 3. The van der Waals surface area contributed by atoms with Crippen LogP contribution in [0, 0.1) is 13.8 Å². The highest BCUT2D eigenvalue weighted by Gasteiger charge is 2.15. The SMILES string of the molecule is COc1cccc(C=Nn2nnc3c(sc4nc(C)cc(C)c43)c2=O)c1. The van der Waals surface area contributed by atoms with Crippen LogP contribution in [0.25, 0.3) is 20.4 Å². The van der Waals surface area contributed by atoms with Crippen LogP contribution in [-0.2, 0) is 0 Å². The summed E-state index contributed by atoms with van der Waals surface area (Å²) in [4.78, 5) is 19.0. The highest BCUT2D eigenvalue weighted by molar-refractivity contribution is 7.25. The van der Waals surface area contributed by atoms with E-state index in [2.05, 4.69) is 20.4 Å². The summed E-state index contributed by atoms with van der Waals surface area (Å²) >= 11 is 1.32. The lowest BCUT2D eigenvalue weighted by Gasteiger charge is -2.00. The fourth-order valence-electron chi connectivity index (χ4n) is 2.80. The van der Waals surface area contributed by atoms with Crippen molar-refractivity contribution in [2.24, 2.45) is 5.10 Å². The minimum absolute atomic E-state index is 0.311. The Labute approximate surface area is 152 Å². The number of methoxy groups -OCH3 is 1. The van der Waals surface area contributed by atoms with E-state index in [1.807, 2.05) is 44.2 Å². The van der Waals surface area contributed by atoms with Crippen molar-refractivity contribution in [1.82, 2.24) is 20.1 Å². The Morgan fingerprint density at radius 1 is 1.27 bits per heavy atom. The molecule has 7 nitrogen and oxygen atoms in total. The molecule has 0 aliphatic rings. The quantitative estimate of drug-likeness (QED) is 0.521. The number of aryl methyl sites for hydroxylation is 2. The first-order valence-corrected chi connectivity index (χ1v) is 8.73. The van der Waals surface area contributed by atoms with Crippen LogP contribution in [0.3, 0.4) is 0 Å². The molecular weight excluding hydrogens is 350 g/mol. The van der Waals surface area contributed by atoms with E-state index in [0.29, 0.717) is 16.0 Å². The smallest absolute Gasteiger partial charge is 0.309 e. The number of aromatic nitrogens is 4.